The average molecular weight is 491 g/mol. The van der Waals surface area contributed by atoms with Gasteiger partial charge >= 0.3 is 0 Å². The second-order valence-electron chi connectivity index (χ2n) is 9.21. The minimum atomic E-state index is -0.0831. The van der Waals surface area contributed by atoms with Gasteiger partial charge in [0.25, 0.3) is 11.8 Å². The van der Waals surface area contributed by atoms with E-state index in [1.807, 2.05) is 54.2 Å². The molecule has 0 bridgehead atoms. The molecule has 1 unspecified atom stereocenters. The summed E-state index contributed by atoms with van der Waals surface area (Å²) in [4.78, 5) is 29.8. The molecule has 2 amide bonds. The topological polar surface area (TPSA) is 76.9 Å². The molecule has 0 aliphatic carbocycles. The number of carbonyl (C=O) groups excluding carboxylic acids is 2. The van der Waals surface area contributed by atoms with Gasteiger partial charge in [-0.05, 0) is 48.9 Å². The van der Waals surface area contributed by atoms with Crippen molar-refractivity contribution in [3.8, 4) is 11.5 Å². The third-order valence-corrected chi connectivity index (χ3v) is 6.89. The van der Waals surface area contributed by atoms with Crippen LogP contribution in [-0.2, 0) is 18.3 Å². The Balaban J connectivity index is 1.40. The fraction of sp³-hybridized carbons (Fsp3) is 0.393. The maximum atomic E-state index is 13.2. The number of ether oxygens (including phenoxy) is 2. The summed E-state index contributed by atoms with van der Waals surface area (Å²) in [5.74, 6) is 1.30. The highest BCUT2D eigenvalue weighted by molar-refractivity contribution is 5.92. The van der Waals surface area contributed by atoms with Crippen LogP contribution in [0, 0.1) is 5.92 Å². The van der Waals surface area contributed by atoms with Crippen LogP contribution in [0.1, 0.15) is 28.9 Å². The summed E-state index contributed by atoms with van der Waals surface area (Å²) < 4.78 is 12.7. The number of aromatic nitrogens is 2. The highest BCUT2D eigenvalue weighted by atomic mass is 16.5. The molecule has 1 aliphatic rings. The molecule has 190 valence electrons. The Morgan fingerprint density at radius 1 is 1.03 bits per heavy atom. The summed E-state index contributed by atoms with van der Waals surface area (Å²) in [7, 11) is 5.25. The maximum absolute atomic E-state index is 13.2. The molecule has 36 heavy (non-hydrogen) atoms. The summed E-state index contributed by atoms with van der Waals surface area (Å²) in [6.07, 6.45) is 4.17. The molecule has 0 radical (unpaired) electrons. The molecular weight excluding hydrogens is 456 g/mol. The number of likely N-dealkylation sites (N-methyl/N-ethyl adjacent to an activating group) is 1. The van der Waals surface area contributed by atoms with Gasteiger partial charge in [-0.3, -0.25) is 14.3 Å². The fourth-order valence-electron chi connectivity index (χ4n) is 4.84. The van der Waals surface area contributed by atoms with E-state index >= 15 is 0 Å². The van der Waals surface area contributed by atoms with Gasteiger partial charge in [-0.25, -0.2) is 0 Å². The Bertz CT molecular complexity index is 1160. The number of benzene rings is 2. The summed E-state index contributed by atoms with van der Waals surface area (Å²) in [6.45, 7) is 1.24. The van der Waals surface area contributed by atoms with E-state index in [4.69, 9.17) is 9.47 Å². The van der Waals surface area contributed by atoms with E-state index in [1.165, 1.54) is 5.56 Å². The third-order valence-electron chi connectivity index (χ3n) is 6.89. The van der Waals surface area contributed by atoms with E-state index in [1.54, 1.807) is 36.2 Å². The van der Waals surface area contributed by atoms with Gasteiger partial charge in [-0.2, -0.15) is 5.10 Å². The zero-order chi connectivity index (χ0) is 25.5. The number of carbonyl (C=O) groups is 2. The average Bonchev–Trinajstić information content (AvgIpc) is 3.36. The number of hydrogen-bond donors (Lipinski definition) is 0. The van der Waals surface area contributed by atoms with E-state index in [-0.39, 0.29) is 30.4 Å². The Morgan fingerprint density at radius 3 is 2.33 bits per heavy atom. The summed E-state index contributed by atoms with van der Waals surface area (Å²) in [5.41, 5.74) is 1.63. The predicted molar refractivity (Wildman–Crippen MR) is 137 cm³/mol. The van der Waals surface area contributed by atoms with Crippen LogP contribution in [0.4, 0.5) is 0 Å². The molecular formula is C28H34N4O4. The van der Waals surface area contributed by atoms with E-state index in [2.05, 4.69) is 17.2 Å². The number of aryl methyl sites for hydroxylation is 1. The number of para-hydroxylation sites is 2. The maximum Gasteiger partial charge on any atom is 0.274 e. The molecule has 8 heteroatoms. The van der Waals surface area contributed by atoms with Crippen LogP contribution < -0.4 is 9.47 Å². The van der Waals surface area contributed by atoms with E-state index in [0.29, 0.717) is 30.3 Å². The molecule has 2 heterocycles. The van der Waals surface area contributed by atoms with Crippen molar-refractivity contribution in [2.45, 2.75) is 25.3 Å². The van der Waals surface area contributed by atoms with Gasteiger partial charge in [0, 0.05) is 39.4 Å². The minimum Gasteiger partial charge on any atom is -0.493 e. The molecule has 3 aromatic rings. The lowest BCUT2D eigenvalue weighted by molar-refractivity contribution is -0.135. The summed E-state index contributed by atoms with van der Waals surface area (Å²) >= 11 is 0. The molecule has 1 aromatic heterocycles. The zero-order valence-corrected chi connectivity index (χ0v) is 21.2. The van der Waals surface area contributed by atoms with Crippen LogP contribution in [0.5, 0.6) is 11.5 Å². The number of likely N-dealkylation sites (tertiary alicyclic amines) is 1. The molecule has 1 aliphatic heterocycles. The summed E-state index contributed by atoms with van der Waals surface area (Å²) in [6, 6.07) is 19.3. The van der Waals surface area contributed by atoms with Gasteiger partial charge in [-0.1, -0.05) is 42.5 Å². The predicted octanol–water partition coefficient (Wildman–Crippen LogP) is 3.43. The van der Waals surface area contributed by atoms with Gasteiger partial charge in [0.2, 0.25) is 0 Å². The Labute approximate surface area is 212 Å². The number of methoxy groups -OCH3 is 1. The molecule has 0 saturated carbocycles. The van der Waals surface area contributed by atoms with Crippen LogP contribution in [0.2, 0.25) is 0 Å². The van der Waals surface area contributed by atoms with Gasteiger partial charge in [0.05, 0.1) is 7.11 Å². The molecule has 1 fully saturated rings. The van der Waals surface area contributed by atoms with E-state index in [0.717, 1.165) is 19.3 Å². The highest BCUT2D eigenvalue weighted by Crippen LogP contribution is 2.28. The second kappa shape index (κ2) is 11.7. The van der Waals surface area contributed by atoms with Gasteiger partial charge in [0.1, 0.15) is 5.69 Å². The number of amides is 2. The smallest absolute Gasteiger partial charge is 0.274 e. The second-order valence-corrected chi connectivity index (χ2v) is 9.21. The number of piperidine rings is 1. The Morgan fingerprint density at radius 2 is 1.69 bits per heavy atom. The molecule has 1 saturated heterocycles. The first-order chi connectivity index (χ1) is 17.5. The van der Waals surface area contributed by atoms with E-state index in [9.17, 15) is 9.59 Å². The van der Waals surface area contributed by atoms with Crippen LogP contribution >= 0.6 is 0 Å². The highest BCUT2D eigenvalue weighted by Gasteiger charge is 2.33. The lowest BCUT2D eigenvalue weighted by Crippen LogP contribution is -2.49. The van der Waals surface area contributed by atoms with Crippen molar-refractivity contribution in [2.24, 2.45) is 13.0 Å². The summed E-state index contributed by atoms with van der Waals surface area (Å²) in [5, 5.41) is 4.31. The standard InChI is InChI=1S/C28H34N4O4/c1-30-16-15-23(29-30)28(34)31(2)24(19-21-9-5-4-6-10-21)22-13-17-32(18-14-22)27(33)20-36-26-12-8-7-11-25(26)35-3/h4-12,15-16,22,24H,13-14,17-20H2,1-3H3. The molecule has 4 rings (SSSR count). The first kappa shape index (κ1) is 25.3. The van der Waals surface area contributed by atoms with Crippen molar-refractivity contribution >= 4 is 11.8 Å². The van der Waals surface area contributed by atoms with Gasteiger partial charge in [-0.15, -0.1) is 0 Å². The first-order valence-electron chi connectivity index (χ1n) is 12.3. The van der Waals surface area contributed by atoms with E-state index < -0.39 is 0 Å². The largest absolute Gasteiger partial charge is 0.493 e. The Hall–Kier alpha value is -3.81. The minimum absolute atomic E-state index is 0.00369. The van der Waals surface area contributed by atoms with Gasteiger partial charge < -0.3 is 19.3 Å². The monoisotopic (exact) mass is 490 g/mol. The van der Waals surface area contributed by atoms with Crippen LogP contribution in [-0.4, -0.2) is 71.3 Å². The SMILES string of the molecule is COc1ccccc1OCC(=O)N1CCC(C(Cc2ccccc2)N(C)C(=O)c2ccn(C)n2)CC1. The van der Waals surface area contributed by atoms with Crippen molar-refractivity contribution in [2.75, 3.05) is 33.9 Å². The first-order valence-corrected chi connectivity index (χ1v) is 12.3. The van der Waals surface area contributed by atoms with Crippen molar-refractivity contribution in [1.82, 2.24) is 19.6 Å². The number of rotatable bonds is 9. The van der Waals surface area contributed by atoms with Crippen molar-refractivity contribution < 1.29 is 19.1 Å². The molecule has 1 atom stereocenters. The van der Waals surface area contributed by atoms with Crippen LogP contribution in [0.25, 0.3) is 0 Å². The third kappa shape index (κ3) is 6.05. The normalized spacial score (nSPS) is 14.8. The quantitative estimate of drug-likeness (QED) is 0.459. The van der Waals surface area contributed by atoms with Crippen LogP contribution in [0.15, 0.2) is 66.9 Å². The van der Waals surface area contributed by atoms with Gasteiger partial charge in [0.15, 0.2) is 18.1 Å². The molecule has 0 N–H and O–H groups in total. The molecule has 8 nitrogen and oxygen atoms in total. The fourth-order valence-corrected chi connectivity index (χ4v) is 4.84. The van der Waals surface area contributed by atoms with Crippen molar-refractivity contribution in [1.29, 1.82) is 0 Å². The zero-order valence-electron chi connectivity index (χ0n) is 21.2. The van der Waals surface area contributed by atoms with Crippen molar-refractivity contribution in [3.05, 3.63) is 78.1 Å². The van der Waals surface area contributed by atoms with Crippen molar-refractivity contribution in [3.63, 3.8) is 0 Å². The molecule has 0 spiro atoms. The Kier molecular flexibility index (Phi) is 8.25. The lowest BCUT2D eigenvalue weighted by atomic mass is 9.85. The molecule has 2 aromatic carbocycles. The number of hydrogen-bond acceptors (Lipinski definition) is 5. The van der Waals surface area contributed by atoms with Crippen LogP contribution in [0.3, 0.4) is 0 Å². The lowest BCUT2D eigenvalue weighted by Gasteiger charge is -2.40. The number of nitrogens with zero attached hydrogens (tertiary/aromatic N) is 4.